The van der Waals surface area contributed by atoms with Crippen LogP contribution in [0.2, 0.25) is 0 Å². The molecule has 28 heavy (non-hydrogen) atoms. The van der Waals surface area contributed by atoms with Gasteiger partial charge in [-0.1, -0.05) is 30.3 Å². The van der Waals surface area contributed by atoms with Crippen LogP contribution in [0.4, 0.5) is 0 Å². The molecule has 0 spiro atoms. The predicted molar refractivity (Wildman–Crippen MR) is 106 cm³/mol. The Morgan fingerprint density at radius 3 is 2.36 bits per heavy atom. The molecule has 0 N–H and O–H groups in total. The molecule has 3 aromatic rings. The second-order valence-corrected chi connectivity index (χ2v) is 6.66. The molecule has 0 aliphatic rings. The molecule has 1 heterocycles. The van der Waals surface area contributed by atoms with Gasteiger partial charge in [0.2, 0.25) is 0 Å². The molecule has 0 fully saturated rings. The summed E-state index contributed by atoms with van der Waals surface area (Å²) in [5.74, 6) is -0.779. The Kier molecular flexibility index (Phi) is 5.89. The third-order valence-electron chi connectivity index (χ3n) is 4.45. The molecule has 0 bridgehead atoms. The van der Waals surface area contributed by atoms with Gasteiger partial charge in [-0.2, -0.15) is 5.10 Å². The summed E-state index contributed by atoms with van der Waals surface area (Å²) in [6.07, 6.45) is 0.853. The summed E-state index contributed by atoms with van der Waals surface area (Å²) in [7, 11) is 1.70. The average molecular weight is 377 g/mol. The zero-order chi connectivity index (χ0) is 20.1. The maximum absolute atomic E-state index is 12.5. The lowest BCUT2D eigenvalue weighted by Gasteiger charge is -2.21. The minimum absolute atomic E-state index is 0.249. The lowest BCUT2D eigenvalue weighted by molar-refractivity contribution is -0.139. The van der Waals surface area contributed by atoms with E-state index in [1.807, 2.05) is 43.3 Å². The van der Waals surface area contributed by atoms with Gasteiger partial charge >= 0.3 is 5.97 Å². The normalized spacial score (nSPS) is 11.7. The number of carbonyl (C=O) groups excluding carboxylic acids is 2. The van der Waals surface area contributed by atoms with Gasteiger partial charge in [-0.15, -0.1) is 0 Å². The van der Waals surface area contributed by atoms with Gasteiger partial charge in [0, 0.05) is 25.5 Å². The van der Waals surface area contributed by atoms with Crippen LogP contribution in [0.1, 0.15) is 28.5 Å². The Labute approximate surface area is 164 Å². The van der Waals surface area contributed by atoms with Crippen molar-refractivity contribution in [3.05, 3.63) is 83.7 Å². The molecule has 1 atom stereocenters. The highest BCUT2D eigenvalue weighted by Crippen LogP contribution is 2.13. The Morgan fingerprint density at radius 2 is 1.75 bits per heavy atom. The number of amides is 1. The van der Waals surface area contributed by atoms with E-state index in [0.717, 1.165) is 16.9 Å². The van der Waals surface area contributed by atoms with Crippen LogP contribution in [-0.4, -0.2) is 39.7 Å². The fourth-order valence-electron chi connectivity index (χ4n) is 2.90. The number of likely N-dealkylation sites (N-methyl/N-ethyl adjacent to an activating group) is 1. The van der Waals surface area contributed by atoms with Crippen molar-refractivity contribution in [2.24, 2.45) is 0 Å². The van der Waals surface area contributed by atoms with Crippen LogP contribution in [-0.2, 0) is 16.1 Å². The van der Waals surface area contributed by atoms with Crippen LogP contribution in [0.5, 0.6) is 0 Å². The summed E-state index contributed by atoms with van der Waals surface area (Å²) in [5.41, 5.74) is 3.25. The molecule has 1 amide bonds. The second kappa shape index (κ2) is 8.52. The predicted octanol–water partition coefficient (Wildman–Crippen LogP) is 3.38. The van der Waals surface area contributed by atoms with E-state index in [-0.39, 0.29) is 5.91 Å². The molecule has 0 aliphatic heterocycles. The Balaban J connectivity index is 1.60. The minimum Gasteiger partial charge on any atom is -0.449 e. The van der Waals surface area contributed by atoms with Gasteiger partial charge in [-0.25, -0.2) is 9.48 Å². The van der Waals surface area contributed by atoms with E-state index in [1.165, 1.54) is 0 Å². The number of aryl methyl sites for hydroxylation is 1. The van der Waals surface area contributed by atoms with E-state index in [0.29, 0.717) is 12.1 Å². The van der Waals surface area contributed by atoms with Gasteiger partial charge in [0.1, 0.15) is 0 Å². The maximum Gasteiger partial charge on any atom is 0.338 e. The molecule has 3 rings (SSSR count). The van der Waals surface area contributed by atoms with E-state index >= 15 is 0 Å². The van der Waals surface area contributed by atoms with Crippen LogP contribution in [0.3, 0.4) is 0 Å². The molecule has 144 valence electrons. The number of ether oxygens (including phenoxy) is 1. The smallest absolute Gasteiger partial charge is 0.338 e. The monoisotopic (exact) mass is 377 g/mol. The highest BCUT2D eigenvalue weighted by Gasteiger charge is 2.22. The summed E-state index contributed by atoms with van der Waals surface area (Å²) in [6, 6.07) is 18.5. The lowest BCUT2D eigenvalue weighted by Crippen LogP contribution is -2.37. The molecule has 0 radical (unpaired) electrons. The number of hydrogen-bond donors (Lipinski definition) is 0. The Morgan fingerprint density at radius 1 is 1.07 bits per heavy atom. The van der Waals surface area contributed by atoms with E-state index in [9.17, 15) is 9.59 Å². The zero-order valence-electron chi connectivity index (χ0n) is 16.2. The molecular formula is C22H23N3O3. The third-order valence-corrected chi connectivity index (χ3v) is 4.45. The molecular weight excluding hydrogens is 354 g/mol. The number of nitrogens with zero attached hydrogens (tertiary/aromatic N) is 3. The lowest BCUT2D eigenvalue weighted by atomic mass is 10.2. The van der Waals surface area contributed by atoms with Crippen molar-refractivity contribution >= 4 is 11.9 Å². The largest absolute Gasteiger partial charge is 0.449 e. The highest BCUT2D eigenvalue weighted by atomic mass is 16.5. The first-order valence-electron chi connectivity index (χ1n) is 9.06. The number of carbonyl (C=O) groups is 2. The van der Waals surface area contributed by atoms with Gasteiger partial charge in [0.15, 0.2) is 6.10 Å². The van der Waals surface area contributed by atoms with E-state index in [4.69, 9.17) is 4.74 Å². The number of aromatic nitrogens is 2. The summed E-state index contributed by atoms with van der Waals surface area (Å²) in [4.78, 5) is 26.4. The van der Waals surface area contributed by atoms with Crippen molar-refractivity contribution in [3.8, 4) is 5.69 Å². The van der Waals surface area contributed by atoms with Gasteiger partial charge in [0.05, 0.1) is 11.3 Å². The van der Waals surface area contributed by atoms with Gasteiger partial charge in [-0.05, 0) is 49.7 Å². The standard InChI is InChI=1S/C22H23N3O3/c1-16-13-14-23-25(16)20-11-9-19(10-12-20)22(27)28-17(2)21(26)24(3)15-18-7-5-4-6-8-18/h4-14,17H,15H2,1-3H3/t17-/m0/s1. The number of benzene rings is 2. The van der Waals surface area contributed by atoms with Crippen LogP contribution >= 0.6 is 0 Å². The maximum atomic E-state index is 12.5. The van der Waals surface area contributed by atoms with Crippen LogP contribution < -0.4 is 0 Å². The Hall–Kier alpha value is -3.41. The molecule has 0 aliphatic carbocycles. The fourth-order valence-corrected chi connectivity index (χ4v) is 2.90. The van der Waals surface area contributed by atoms with Crippen molar-refractivity contribution in [3.63, 3.8) is 0 Å². The molecule has 0 saturated heterocycles. The first-order valence-corrected chi connectivity index (χ1v) is 9.06. The van der Waals surface area contributed by atoms with Crippen molar-refractivity contribution < 1.29 is 14.3 Å². The second-order valence-electron chi connectivity index (χ2n) is 6.66. The topological polar surface area (TPSA) is 64.4 Å². The van der Waals surface area contributed by atoms with Gasteiger partial charge in [0.25, 0.3) is 5.91 Å². The van der Waals surface area contributed by atoms with Crippen molar-refractivity contribution in [1.82, 2.24) is 14.7 Å². The Bertz CT molecular complexity index is 949. The molecule has 1 aromatic heterocycles. The van der Waals surface area contributed by atoms with Gasteiger partial charge in [-0.3, -0.25) is 4.79 Å². The highest BCUT2D eigenvalue weighted by molar-refractivity contribution is 5.92. The number of rotatable bonds is 6. The minimum atomic E-state index is -0.866. The number of hydrogen-bond acceptors (Lipinski definition) is 4. The molecule has 6 heteroatoms. The van der Waals surface area contributed by atoms with E-state index < -0.39 is 12.1 Å². The fraction of sp³-hybridized carbons (Fsp3) is 0.227. The van der Waals surface area contributed by atoms with Crippen LogP contribution in [0, 0.1) is 6.92 Å². The van der Waals surface area contributed by atoms with Gasteiger partial charge < -0.3 is 9.64 Å². The summed E-state index contributed by atoms with van der Waals surface area (Å²) >= 11 is 0. The van der Waals surface area contributed by atoms with Crippen LogP contribution in [0.15, 0.2) is 66.9 Å². The summed E-state index contributed by atoms with van der Waals surface area (Å²) in [6.45, 7) is 4.00. The van der Waals surface area contributed by atoms with Crippen molar-refractivity contribution in [2.45, 2.75) is 26.5 Å². The van der Waals surface area contributed by atoms with E-state index in [2.05, 4.69) is 5.10 Å². The SMILES string of the molecule is Cc1ccnn1-c1ccc(C(=O)O[C@@H](C)C(=O)N(C)Cc2ccccc2)cc1. The molecule has 0 unspecified atom stereocenters. The zero-order valence-corrected chi connectivity index (χ0v) is 16.2. The third kappa shape index (κ3) is 4.46. The van der Waals surface area contributed by atoms with Crippen molar-refractivity contribution in [1.29, 1.82) is 0 Å². The van der Waals surface area contributed by atoms with E-state index in [1.54, 1.807) is 54.0 Å². The summed E-state index contributed by atoms with van der Waals surface area (Å²) < 4.78 is 7.14. The first-order chi connectivity index (χ1) is 13.5. The molecule has 2 aromatic carbocycles. The average Bonchev–Trinajstić information content (AvgIpc) is 3.14. The molecule has 6 nitrogen and oxygen atoms in total. The molecule has 0 saturated carbocycles. The first kappa shape index (κ1) is 19.4. The summed E-state index contributed by atoms with van der Waals surface area (Å²) in [5, 5.41) is 4.24. The number of esters is 1. The van der Waals surface area contributed by atoms with Crippen molar-refractivity contribution in [2.75, 3.05) is 7.05 Å². The van der Waals surface area contributed by atoms with Crippen LogP contribution in [0.25, 0.3) is 5.69 Å². The quantitative estimate of drug-likeness (QED) is 0.618.